The summed E-state index contributed by atoms with van der Waals surface area (Å²) in [6.45, 7) is 2.01. The Morgan fingerprint density at radius 2 is 2.04 bits per heavy atom. The Balaban J connectivity index is 0.00000243. The number of rotatable bonds is 7. The highest BCUT2D eigenvalue weighted by molar-refractivity contribution is 5.94. The lowest BCUT2D eigenvalue weighted by Gasteiger charge is -2.09. The fraction of sp³-hybridized carbons (Fsp3) is 0.389. The molecule has 0 bridgehead atoms. The zero-order valence-corrected chi connectivity index (χ0v) is 15.3. The molecule has 0 radical (unpaired) electrons. The second-order valence-electron chi connectivity index (χ2n) is 6.22. The summed E-state index contributed by atoms with van der Waals surface area (Å²) in [6.07, 6.45) is 6.03. The van der Waals surface area contributed by atoms with Crippen molar-refractivity contribution in [1.29, 1.82) is 0 Å². The van der Waals surface area contributed by atoms with Crippen LogP contribution in [0.3, 0.4) is 0 Å². The Morgan fingerprint density at radius 3 is 2.69 bits per heavy atom. The quantitative estimate of drug-likeness (QED) is 0.685. The highest BCUT2D eigenvalue weighted by Crippen LogP contribution is 2.14. The van der Waals surface area contributed by atoms with Gasteiger partial charge in [0.15, 0.2) is 0 Å². The van der Waals surface area contributed by atoms with E-state index in [1.165, 1.54) is 0 Å². The largest absolute Gasteiger partial charge is 0.347 e. The number of aromatic nitrogens is 2. The molecule has 0 saturated carbocycles. The van der Waals surface area contributed by atoms with Crippen LogP contribution in [0.4, 0.5) is 5.69 Å². The first kappa shape index (κ1) is 19.9. The minimum Gasteiger partial charge on any atom is -0.347 e. The van der Waals surface area contributed by atoms with Crippen molar-refractivity contribution in [2.75, 3.05) is 25.0 Å². The van der Waals surface area contributed by atoms with Crippen LogP contribution in [-0.4, -0.2) is 41.2 Å². The van der Waals surface area contributed by atoms with Crippen molar-refractivity contribution < 1.29 is 9.59 Å². The molecule has 1 unspecified atom stereocenters. The third-order valence-corrected chi connectivity index (χ3v) is 4.31. The van der Waals surface area contributed by atoms with Crippen molar-refractivity contribution in [3.8, 4) is 5.69 Å². The van der Waals surface area contributed by atoms with Gasteiger partial charge in [0.25, 0.3) is 0 Å². The van der Waals surface area contributed by atoms with E-state index < -0.39 is 0 Å². The molecule has 2 amide bonds. The lowest BCUT2D eigenvalue weighted by Crippen LogP contribution is -2.33. The van der Waals surface area contributed by atoms with Crippen LogP contribution in [0.25, 0.3) is 5.69 Å². The summed E-state index contributed by atoms with van der Waals surface area (Å²) in [5.74, 6) is 0.270. The van der Waals surface area contributed by atoms with E-state index in [9.17, 15) is 9.59 Å². The summed E-state index contributed by atoms with van der Waals surface area (Å²) in [7, 11) is 0. The van der Waals surface area contributed by atoms with E-state index in [1.807, 2.05) is 36.5 Å². The zero-order chi connectivity index (χ0) is 17.5. The fourth-order valence-corrected chi connectivity index (χ4v) is 2.89. The monoisotopic (exact) mass is 377 g/mol. The van der Waals surface area contributed by atoms with Gasteiger partial charge in [0.05, 0.1) is 12.2 Å². The van der Waals surface area contributed by atoms with Gasteiger partial charge in [0.1, 0.15) is 0 Å². The van der Waals surface area contributed by atoms with E-state index in [0.29, 0.717) is 18.0 Å². The van der Waals surface area contributed by atoms with E-state index in [1.54, 1.807) is 10.9 Å². The molecule has 26 heavy (non-hydrogen) atoms. The van der Waals surface area contributed by atoms with Crippen LogP contribution < -0.4 is 16.0 Å². The second kappa shape index (κ2) is 9.94. The fourth-order valence-electron chi connectivity index (χ4n) is 2.89. The normalized spacial score (nSPS) is 15.9. The smallest absolute Gasteiger partial charge is 0.243 e. The van der Waals surface area contributed by atoms with E-state index in [-0.39, 0.29) is 30.8 Å². The minimum atomic E-state index is -0.234. The molecule has 1 saturated heterocycles. The number of nitrogens with zero attached hydrogens (tertiary/aromatic N) is 2. The lowest BCUT2D eigenvalue weighted by atomic mass is 10.0. The van der Waals surface area contributed by atoms with Gasteiger partial charge in [-0.25, -0.2) is 4.68 Å². The number of anilines is 1. The number of carbonyl (C=O) groups excluding carboxylic acids is 2. The van der Waals surface area contributed by atoms with Crippen molar-refractivity contribution in [1.82, 2.24) is 20.4 Å². The molecule has 140 valence electrons. The van der Waals surface area contributed by atoms with Gasteiger partial charge in [0.2, 0.25) is 11.8 Å². The molecule has 1 aromatic heterocycles. The van der Waals surface area contributed by atoms with Gasteiger partial charge in [-0.05, 0) is 62.2 Å². The molecule has 3 rings (SSSR count). The average Bonchev–Trinajstić information content (AvgIpc) is 3.32. The van der Waals surface area contributed by atoms with Gasteiger partial charge < -0.3 is 16.0 Å². The number of nitrogens with one attached hydrogen (secondary N) is 3. The Kier molecular flexibility index (Phi) is 7.62. The first-order valence-corrected chi connectivity index (χ1v) is 8.58. The average molecular weight is 378 g/mol. The van der Waals surface area contributed by atoms with Crippen LogP contribution in [0.1, 0.15) is 19.3 Å². The molecule has 8 heteroatoms. The van der Waals surface area contributed by atoms with Crippen LogP contribution >= 0.6 is 12.4 Å². The number of amides is 2. The molecule has 1 fully saturated rings. The molecule has 3 N–H and O–H groups in total. The molecule has 2 aromatic rings. The molecular weight excluding hydrogens is 354 g/mol. The maximum Gasteiger partial charge on any atom is 0.243 e. The number of benzene rings is 1. The van der Waals surface area contributed by atoms with Gasteiger partial charge in [-0.15, -0.1) is 12.4 Å². The van der Waals surface area contributed by atoms with Crippen LogP contribution in [-0.2, 0) is 9.59 Å². The number of halogens is 1. The summed E-state index contributed by atoms with van der Waals surface area (Å²) in [4.78, 5) is 23.7. The SMILES string of the molecule is Cl.O=C(CCC1CCNC1)NCC(=O)Nc1ccc(-n2cccn2)cc1. The summed E-state index contributed by atoms with van der Waals surface area (Å²) in [5.41, 5.74) is 1.60. The zero-order valence-electron chi connectivity index (χ0n) is 14.5. The molecule has 1 aromatic carbocycles. The van der Waals surface area contributed by atoms with Gasteiger partial charge in [-0.1, -0.05) is 0 Å². The molecule has 1 aliphatic rings. The number of hydrogen-bond donors (Lipinski definition) is 3. The van der Waals surface area contributed by atoms with Crippen LogP contribution in [0.2, 0.25) is 0 Å². The van der Waals surface area contributed by atoms with E-state index in [2.05, 4.69) is 21.0 Å². The Morgan fingerprint density at radius 1 is 1.23 bits per heavy atom. The topological polar surface area (TPSA) is 88.0 Å². The third kappa shape index (κ3) is 5.86. The molecule has 1 atom stereocenters. The van der Waals surface area contributed by atoms with Gasteiger partial charge >= 0.3 is 0 Å². The predicted octanol–water partition coefficient (Wildman–Crippen LogP) is 1.74. The maximum absolute atomic E-state index is 11.9. The number of hydrogen-bond acceptors (Lipinski definition) is 4. The maximum atomic E-state index is 11.9. The van der Waals surface area contributed by atoms with E-state index >= 15 is 0 Å². The molecule has 0 spiro atoms. The minimum absolute atomic E-state index is 0. The third-order valence-electron chi connectivity index (χ3n) is 4.31. The van der Waals surface area contributed by atoms with Crippen molar-refractivity contribution in [2.45, 2.75) is 19.3 Å². The molecule has 0 aliphatic carbocycles. The second-order valence-corrected chi connectivity index (χ2v) is 6.22. The summed E-state index contributed by atoms with van der Waals surface area (Å²) >= 11 is 0. The van der Waals surface area contributed by atoms with Gasteiger partial charge in [0, 0.05) is 24.5 Å². The standard InChI is InChI=1S/C18H23N5O2.ClH/c24-17(7-2-14-8-10-19-12-14)20-13-18(25)22-15-3-5-16(6-4-15)23-11-1-9-21-23;/h1,3-6,9,11,14,19H,2,7-8,10,12-13H2,(H,20,24)(H,22,25);1H. The van der Waals surface area contributed by atoms with Crippen molar-refractivity contribution in [3.63, 3.8) is 0 Å². The van der Waals surface area contributed by atoms with Crippen LogP contribution in [0, 0.1) is 5.92 Å². The molecule has 7 nitrogen and oxygen atoms in total. The Bertz CT molecular complexity index is 697. The Labute approximate surface area is 159 Å². The van der Waals surface area contributed by atoms with Crippen molar-refractivity contribution >= 4 is 29.9 Å². The van der Waals surface area contributed by atoms with Crippen LogP contribution in [0.15, 0.2) is 42.7 Å². The first-order chi connectivity index (χ1) is 12.2. The van der Waals surface area contributed by atoms with Gasteiger partial charge in [-0.3, -0.25) is 9.59 Å². The lowest BCUT2D eigenvalue weighted by molar-refractivity contribution is -0.124. The van der Waals surface area contributed by atoms with Gasteiger partial charge in [-0.2, -0.15) is 5.10 Å². The van der Waals surface area contributed by atoms with E-state index in [0.717, 1.165) is 31.6 Å². The summed E-state index contributed by atoms with van der Waals surface area (Å²) in [5, 5.41) is 12.9. The van der Waals surface area contributed by atoms with Crippen molar-refractivity contribution in [2.24, 2.45) is 5.92 Å². The number of carbonyl (C=O) groups is 2. The summed E-state index contributed by atoms with van der Waals surface area (Å²) < 4.78 is 1.74. The Hall–Kier alpha value is -2.38. The highest BCUT2D eigenvalue weighted by Gasteiger charge is 2.15. The van der Waals surface area contributed by atoms with Crippen molar-refractivity contribution in [3.05, 3.63) is 42.7 Å². The highest BCUT2D eigenvalue weighted by atomic mass is 35.5. The predicted molar refractivity (Wildman–Crippen MR) is 103 cm³/mol. The first-order valence-electron chi connectivity index (χ1n) is 8.58. The molecular formula is C18H24ClN5O2. The van der Waals surface area contributed by atoms with Crippen LogP contribution in [0.5, 0.6) is 0 Å². The van der Waals surface area contributed by atoms with E-state index in [4.69, 9.17) is 0 Å². The molecule has 1 aliphatic heterocycles. The summed E-state index contributed by atoms with van der Waals surface area (Å²) in [6, 6.07) is 9.21. The molecule has 2 heterocycles.